The summed E-state index contributed by atoms with van der Waals surface area (Å²) in [5.41, 5.74) is 3.58. The van der Waals surface area contributed by atoms with Crippen LogP contribution in [-0.2, 0) is 6.42 Å². The highest BCUT2D eigenvalue weighted by molar-refractivity contribution is 6.04. The van der Waals surface area contributed by atoms with Crippen LogP contribution in [0, 0.1) is 6.92 Å². The van der Waals surface area contributed by atoms with Gasteiger partial charge in [-0.2, -0.15) is 4.98 Å². The maximum absolute atomic E-state index is 12.2. The van der Waals surface area contributed by atoms with Gasteiger partial charge in [0.2, 0.25) is 5.89 Å². The van der Waals surface area contributed by atoms with Gasteiger partial charge in [0, 0.05) is 23.6 Å². The molecule has 1 N–H and O–H groups in total. The summed E-state index contributed by atoms with van der Waals surface area (Å²) >= 11 is 0. The maximum atomic E-state index is 12.2. The average molecular weight is 335 g/mol. The molecular formula is C20H21N3O2. The molecule has 0 atom stereocenters. The van der Waals surface area contributed by atoms with Crippen LogP contribution >= 0.6 is 0 Å². The SMILES string of the molecule is Cc1ccc(C(=O)Nc2ccc(Cc3noc(C(C)C)n3)cc2)cc1. The Morgan fingerprint density at radius 1 is 1.08 bits per heavy atom. The smallest absolute Gasteiger partial charge is 0.255 e. The van der Waals surface area contributed by atoms with Crippen LogP contribution in [0.15, 0.2) is 53.1 Å². The fourth-order valence-corrected chi connectivity index (χ4v) is 2.37. The molecule has 1 amide bonds. The molecule has 0 bridgehead atoms. The first-order chi connectivity index (χ1) is 12.0. The molecule has 5 nitrogen and oxygen atoms in total. The van der Waals surface area contributed by atoms with E-state index in [-0.39, 0.29) is 11.8 Å². The Balaban J connectivity index is 1.63. The van der Waals surface area contributed by atoms with Gasteiger partial charge in [0.05, 0.1) is 0 Å². The second kappa shape index (κ2) is 7.30. The molecule has 0 aliphatic heterocycles. The number of amides is 1. The minimum atomic E-state index is -0.118. The van der Waals surface area contributed by atoms with E-state index >= 15 is 0 Å². The second-order valence-electron chi connectivity index (χ2n) is 6.40. The number of anilines is 1. The number of benzene rings is 2. The van der Waals surface area contributed by atoms with Gasteiger partial charge in [-0.15, -0.1) is 0 Å². The number of hydrogen-bond donors (Lipinski definition) is 1. The van der Waals surface area contributed by atoms with Gasteiger partial charge in [-0.3, -0.25) is 4.79 Å². The van der Waals surface area contributed by atoms with Crippen molar-refractivity contribution in [3.63, 3.8) is 0 Å². The molecule has 0 unspecified atom stereocenters. The summed E-state index contributed by atoms with van der Waals surface area (Å²) in [6.07, 6.45) is 0.600. The van der Waals surface area contributed by atoms with E-state index in [2.05, 4.69) is 15.5 Å². The summed E-state index contributed by atoms with van der Waals surface area (Å²) in [4.78, 5) is 16.6. The zero-order chi connectivity index (χ0) is 17.8. The van der Waals surface area contributed by atoms with Gasteiger partial charge in [-0.1, -0.05) is 48.8 Å². The number of carbonyl (C=O) groups excluding carboxylic acids is 1. The summed E-state index contributed by atoms with van der Waals surface area (Å²) in [5, 5.41) is 6.89. The van der Waals surface area contributed by atoms with Crippen molar-refractivity contribution in [1.82, 2.24) is 10.1 Å². The minimum Gasteiger partial charge on any atom is -0.339 e. The van der Waals surface area contributed by atoms with E-state index in [1.165, 1.54) is 0 Å². The van der Waals surface area contributed by atoms with Gasteiger partial charge < -0.3 is 9.84 Å². The fourth-order valence-electron chi connectivity index (χ4n) is 2.37. The number of nitrogens with zero attached hydrogens (tertiary/aromatic N) is 2. The Hall–Kier alpha value is -2.95. The van der Waals surface area contributed by atoms with Crippen LogP contribution in [0.25, 0.3) is 0 Å². The van der Waals surface area contributed by atoms with E-state index in [0.29, 0.717) is 23.7 Å². The Bertz CT molecular complexity index is 849. The van der Waals surface area contributed by atoms with E-state index in [0.717, 1.165) is 16.8 Å². The molecule has 128 valence electrons. The summed E-state index contributed by atoms with van der Waals surface area (Å²) < 4.78 is 5.21. The van der Waals surface area contributed by atoms with Crippen molar-refractivity contribution in [3.05, 3.63) is 76.9 Å². The highest BCUT2D eigenvalue weighted by Crippen LogP contribution is 2.16. The molecule has 25 heavy (non-hydrogen) atoms. The molecular weight excluding hydrogens is 314 g/mol. The lowest BCUT2D eigenvalue weighted by Gasteiger charge is -2.06. The van der Waals surface area contributed by atoms with Crippen LogP contribution < -0.4 is 5.32 Å². The Morgan fingerprint density at radius 3 is 2.36 bits per heavy atom. The predicted molar refractivity (Wildman–Crippen MR) is 96.8 cm³/mol. The van der Waals surface area contributed by atoms with E-state index in [9.17, 15) is 4.79 Å². The van der Waals surface area contributed by atoms with E-state index in [4.69, 9.17) is 4.52 Å². The maximum Gasteiger partial charge on any atom is 0.255 e. The van der Waals surface area contributed by atoms with E-state index < -0.39 is 0 Å². The van der Waals surface area contributed by atoms with Gasteiger partial charge in [-0.05, 0) is 36.8 Å². The van der Waals surface area contributed by atoms with Crippen LogP contribution in [-0.4, -0.2) is 16.0 Å². The zero-order valence-corrected chi connectivity index (χ0v) is 14.6. The van der Waals surface area contributed by atoms with Gasteiger partial charge in [0.1, 0.15) is 0 Å². The van der Waals surface area contributed by atoms with Crippen molar-refractivity contribution >= 4 is 11.6 Å². The number of nitrogens with one attached hydrogen (secondary N) is 1. The number of carbonyl (C=O) groups is 1. The van der Waals surface area contributed by atoms with Crippen molar-refractivity contribution in [2.45, 2.75) is 33.1 Å². The van der Waals surface area contributed by atoms with Gasteiger partial charge in [-0.25, -0.2) is 0 Å². The molecule has 0 aliphatic carbocycles. The molecule has 0 fully saturated rings. The van der Waals surface area contributed by atoms with Crippen molar-refractivity contribution < 1.29 is 9.32 Å². The lowest BCUT2D eigenvalue weighted by Crippen LogP contribution is -2.11. The first-order valence-corrected chi connectivity index (χ1v) is 8.30. The molecule has 3 aromatic rings. The molecule has 1 heterocycles. The normalized spacial score (nSPS) is 10.9. The lowest BCUT2D eigenvalue weighted by atomic mass is 10.1. The van der Waals surface area contributed by atoms with Gasteiger partial charge in [0.25, 0.3) is 5.91 Å². The first-order valence-electron chi connectivity index (χ1n) is 8.30. The topological polar surface area (TPSA) is 68.0 Å². The summed E-state index contributed by atoms with van der Waals surface area (Å²) in [6, 6.07) is 15.2. The summed E-state index contributed by atoms with van der Waals surface area (Å²) in [7, 11) is 0. The van der Waals surface area contributed by atoms with E-state index in [1.54, 1.807) is 0 Å². The third kappa shape index (κ3) is 4.32. The Kier molecular flexibility index (Phi) is 4.93. The summed E-state index contributed by atoms with van der Waals surface area (Å²) in [5.74, 6) is 1.42. The van der Waals surface area contributed by atoms with Gasteiger partial charge >= 0.3 is 0 Å². The summed E-state index contributed by atoms with van der Waals surface area (Å²) in [6.45, 7) is 6.03. The van der Waals surface area contributed by atoms with Crippen LogP contribution in [0.5, 0.6) is 0 Å². The molecule has 0 saturated carbocycles. The third-order valence-corrected chi connectivity index (χ3v) is 3.87. The van der Waals surface area contributed by atoms with Crippen molar-refractivity contribution in [1.29, 1.82) is 0 Å². The average Bonchev–Trinajstić information content (AvgIpc) is 3.06. The number of rotatable bonds is 5. The molecule has 3 rings (SSSR count). The molecule has 0 aliphatic rings. The Morgan fingerprint density at radius 2 is 1.76 bits per heavy atom. The van der Waals surface area contributed by atoms with Crippen LogP contribution in [0.1, 0.15) is 53.0 Å². The fraction of sp³-hybridized carbons (Fsp3) is 0.250. The van der Waals surface area contributed by atoms with Crippen molar-refractivity contribution in [2.75, 3.05) is 5.32 Å². The minimum absolute atomic E-state index is 0.118. The molecule has 1 aromatic heterocycles. The lowest BCUT2D eigenvalue weighted by molar-refractivity contribution is 0.102. The van der Waals surface area contributed by atoms with E-state index in [1.807, 2.05) is 69.3 Å². The van der Waals surface area contributed by atoms with Crippen LogP contribution in [0.2, 0.25) is 0 Å². The van der Waals surface area contributed by atoms with Crippen molar-refractivity contribution in [3.8, 4) is 0 Å². The number of aryl methyl sites for hydroxylation is 1. The predicted octanol–water partition coefficient (Wildman–Crippen LogP) is 4.34. The highest BCUT2D eigenvalue weighted by atomic mass is 16.5. The van der Waals surface area contributed by atoms with Crippen LogP contribution in [0.3, 0.4) is 0 Å². The quantitative estimate of drug-likeness (QED) is 0.753. The molecule has 0 saturated heterocycles. The Labute approximate surface area is 147 Å². The standard InChI is InChI=1S/C20H21N3O2/c1-13(2)20-22-18(23-25-20)12-15-6-10-17(11-7-15)21-19(24)16-8-4-14(3)5-9-16/h4-11,13H,12H2,1-3H3,(H,21,24). The number of hydrogen-bond acceptors (Lipinski definition) is 4. The number of aromatic nitrogens is 2. The molecule has 0 radical (unpaired) electrons. The van der Waals surface area contributed by atoms with Crippen molar-refractivity contribution in [2.24, 2.45) is 0 Å². The second-order valence-corrected chi connectivity index (χ2v) is 6.40. The van der Waals surface area contributed by atoms with Crippen LogP contribution in [0.4, 0.5) is 5.69 Å². The first kappa shape index (κ1) is 16.9. The molecule has 5 heteroatoms. The third-order valence-electron chi connectivity index (χ3n) is 3.87. The largest absolute Gasteiger partial charge is 0.339 e. The zero-order valence-electron chi connectivity index (χ0n) is 14.6. The highest BCUT2D eigenvalue weighted by Gasteiger charge is 2.10. The monoisotopic (exact) mass is 335 g/mol. The molecule has 0 spiro atoms. The van der Waals surface area contributed by atoms with Gasteiger partial charge in [0.15, 0.2) is 5.82 Å². The molecule has 2 aromatic carbocycles.